The standard InChI is InChI=1S/C11H14ClN3O2S.ClH/c1-14-5-2-6-15-18(16,17)10-4-3-9(8-13)11(12)7-10;/h3-4,7,14-15H,2,5-6H2,1H3;1H. The summed E-state index contributed by atoms with van der Waals surface area (Å²) >= 11 is 5.79. The first-order valence-corrected chi connectivity index (χ1v) is 7.21. The van der Waals surface area contributed by atoms with Crippen molar-refractivity contribution in [3.63, 3.8) is 0 Å². The molecule has 0 radical (unpaired) electrons. The predicted octanol–water partition coefficient (Wildman–Crippen LogP) is 1.52. The van der Waals surface area contributed by atoms with Crippen molar-refractivity contribution in [2.24, 2.45) is 0 Å². The summed E-state index contributed by atoms with van der Waals surface area (Å²) in [5.41, 5.74) is 0.255. The van der Waals surface area contributed by atoms with E-state index in [-0.39, 0.29) is 27.9 Å². The molecule has 0 amide bonds. The Morgan fingerprint density at radius 2 is 2.05 bits per heavy atom. The second kappa shape index (κ2) is 8.35. The van der Waals surface area contributed by atoms with Gasteiger partial charge in [-0.15, -0.1) is 12.4 Å². The lowest BCUT2D eigenvalue weighted by atomic mass is 10.2. The third-order valence-electron chi connectivity index (χ3n) is 2.27. The van der Waals surface area contributed by atoms with Gasteiger partial charge in [0.25, 0.3) is 0 Å². The van der Waals surface area contributed by atoms with Gasteiger partial charge in [-0.3, -0.25) is 0 Å². The Bertz CT molecular complexity index is 556. The molecule has 8 heteroatoms. The minimum Gasteiger partial charge on any atom is -0.320 e. The zero-order valence-corrected chi connectivity index (χ0v) is 12.7. The van der Waals surface area contributed by atoms with Crippen molar-refractivity contribution in [2.45, 2.75) is 11.3 Å². The minimum absolute atomic E-state index is 0. The van der Waals surface area contributed by atoms with Gasteiger partial charge < -0.3 is 5.32 Å². The summed E-state index contributed by atoms with van der Waals surface area (Å²) in [5.74, 6) is 0. The molecule has 1 rings (SSSR count). The summed E-state index contributed by atoms with van der Waals surface area (Å²) in [6, 6.07) is 5.92. The Balaban J connectivity index is 0.00000324. The molecule has 0 aromatic heterocycles. The van der Waals surface area contributed by atoms with E-state index in [0.717, 1.165) is 6.54 Å². The summed E-state index contributed by atoms with van der Waals surface area (Å²) < 4.78 is 26.2. The molecule has 0 saturated heterocycles. The van der Waals surface area contributed by atoms with Crippen LogP contribution in [0.2, 0.25) is 5.02 Å². The van der Waals surface area contributed by atoms with Crippen molar-refractivity contribution in [1.29, 1.82) is 5.26 Å². The van der Waals surface area contributed by atoms with Crippen LogP contribution in [0.3, 0.4) is 0 Å². The third-order valence-corrected chi connectivity index (χ3v) is 4.04. The van der Waals surface area contributed by atoms with E-state index in [2.05, 4.69) is 10.0 Å². The minimum atomic E-state index is -3.56. The van der Waals surface area contributed by atoms with Gasteiger partial charge >= 0.3 is 0 Å². The average molecular weight is 324 g/mol. The number of nitriles is 1. The van der Waals surface area contributed by atoms with Gasteiger partial charge in [0.2, 0.25) is 10.0 Å². The van der Waals surface area contributed by atoms with Crippen molar-refractivity contribution >= 4 is 34.0 Å². The van der Waals surface area contributed by atoms with Crippen LogP contribution in [0, 0.1) is 11.3 Å². The molecule has 1 aromatic rings. The predicted molar refractivity (Wildman–Crippen MR) is 77.1 cm³/mol. The summed E-state index contributed by atoms with van der Waals surface area (Å²) in [5, 5.41) is 11.8. The van der Waals surface area contributed by atoms with Gasteiger partial charge in [0.15, 0.2) is 0 Å². The number of sulfonamides is 1. The molecule has 0 aliphatic carbocycles. The first kappa shape index (κ1) is 18.2. The van der Waals surface area contributed by atoms with Crippen LogP contribution in [0.4, 0.5) is 0 Å². The fraction of sp³-hybridized carbons (Fsp3) is 0.364. The van der Waals surface area contributed by atoms with Crippen LogP contribution >= 0.6 is 24.0 Å². The summed E-state index contributed by atoms with van der Waals surface area (Å²) in [6.45, 7) is 1.08. The molecule has 1 aromatic carbocycles. The molecule has 0 bridgehead atoms. The van der Waals surface area contributed by atoms with Gasteiger partial charge in [0.05, 0.1) is 15.5 Å². The van der Waals surface area contributed by atoms with Crippen LogP contribution in [-0.2, 0) is 10.0 Å². The molecule has 5 nitrogen and oxygen atoms in total. The molecule has 19 heavy (non-hydrogen) atoms. The highest BCUT2D eigenvalue weighted by molar-refractivity contribution is 7.89. The average Bonchev–Trinajstić information content (AvgIpc) is 2.34. The van der Waals surface area contributed by atoms with E-state index in [4.69, 9.17) is 16.9 Å². The highest BCUT2D eigenvalue weighted by Crippen LogP contribution is 2.19. The van der Waals surface area contributed by atoms with E-state index in [1.807, 2.05) is 6.07 Å². The second-order valence-electron chi connectivity index (χ2n) is 3.61. The maximum atomic E-state index is 11.9. The fourth-order valence-electron chi connectivity index (χ4n) is 1.31. The summed E-state index contributed by atoms with van der Waals surface area (Å²) in [4.78, 5) is 0.0657. The monoisotopic (exact) mass is 323 g/mol. The molecule has 0 aliphatic heterocycles. The Morgan fingerprint density at radius 1 is 1.37 bits per heavy atom. The zero-order valence-electron chi connectivity index (χ0n) is 10.3. The Kier molecular flexibility index (Phi) is 7.99. The molecule has 0 atom stereocenters. The van der Waals surface area contributed by atoms with E-state index in [1.165, 1.54) is 18.2 Å². The van der Waals surface area contributed by atoms with Gasteiger partial charge in [0, 0.05) is 6.54 Å². The second-order valence-corrected chi connectivity index (χ2v) is 5.78. The van der Waals surface area contributed by atoms with E-state index >= 15 is 0 Å². The number of hydrogen-bond acceptors (Lipinski definition) is 4. The van der Waals surface area contributed by atoms with Crippen LogP contribution < -0.4 is 10.0 Å². The smallest absolute Gasteiger partial charge is 0.240 e. The van der Waals surface area contributed by atoms with Gasteiger partial charge in [-0.2, -0.15) is 5.26 Å². The van der Waals surface area contributed by atoms with E-state index < -0.39 is 10.0 Å². The largest absolute Gasteiger partial charge is 0.320 e. The van der Waals surface area contributed by atoms with Crippen LogP contribution in [0.1, 0.15) is 12.0 Å². The van der Waals surface area contributed by atoms with Crippen LogP contribution in [0.15, 0.2) is 23.1 Å². The van der Waals surface area contributed by atoms with Crippen LogP contribution in [-0.4, -0.2) is 28.6 Å². The lowest BCUT2D eigenvalue weighted by molar-refractivity contribution is 0.577. The highest BCUT2D eigenvalue weighted by atomic mass is 35.5. The number of benzene rings is 1. The van der Waals surface area contributed by atoms with Gasteiger partial charge in [-0.05, 0) is 38.2 Å². The first-order valence-electron chi connectivity index (χ1n) is 5.35. The molecular formula is C11H15Cl2N3O2S. The molecule has 0 fully saturated rings. The van der Waals surface area contributed by atoms with Crippen molar-refractivity contribution < 1.29 is 8.42 Å². The summed E-state index contributed by atoms with van der Waals surface area (Å²) in [6.07, 6.45) is 0.694. The number of rotatable bonds is 6. The summed E-state index contributed by atoms with van der Waals surface area (Å²) in [7, 11) is -1.76. The number of hydrogen-bond donors (Lipinski definition) is 2. The van der Waals surface area contributed by atoms with Crippen LogP contribution in [0.25, 0.3) is 0 Å². The lowest BCUT2D eigenvalue weighted by Gasteiger charge is -2.07. The van der Waals surface area contributed by atoms with Crippen molar-refractivity contribution in [1.82, 2.24) is 10.0 Å². The zero-order chi connectivity index (χ0) is 13.6. The fourth-order valence-corrected chi connectivity index (χ4v) is 2.70. The van der Waals surface area contributed by atoms with E-state index in [0.29, 0.717) is 13.0 Å². The Hall–Kier alpha value is -0.840. The Morgan fingerprint density at radius 3 is 2.58 bits per heavy atom. The molecule has 0 saturated carbocycles. The molecular weight excluding hydrogens is 309 g/mol. The molecule has 106 valence electrons. The van der Waals surface area contributed by atoms with E-state index in [9.17, 15) is 8.42 Å². The van der Waals surface area contributed by atoms with Crippen molar-refractivity contribution in [3.8, 4) is 6.07 Å². The first-order chi connectivity index (χ1) is 8.51. The van der Waals surface area contributed by atoms with Crippen molar-refractivity contribution in [3.05, 3.63) is 28.8 Å². The maximum absolute atomic E-state index is 11.9. The number of halogens is 2. The van der Waals surface area contributed by atoms with Crippen LogP contribution in [0.5, 0.6) is 0 Å². The third kappa shape index (κ3) is 5.35. The van der Waals surface area contributed by atoms with Gasteiger partial charge in [0.1, 0.15) is 6.07 Å². The molecule has 2 N–H and O–H groups in total. The topological polar surface area (TPSA) is 82.0 Å². The maximum Gasteiger partial charge on any atom is 0.240 e. The highest BCUT2D eigenvalue weighted by Gasteiger charge is 2.14. The number of nitrogens with zero attached hydrogens (tertiary/aromatic N) is 1. The molecule has 0 heterocycles. The normalized spacial score (nSPS) is 10.6. The van der Waals surface area contributed by atoms with Gasteiger partial charge in [-0.1, -0.05) is 11.6 Å². The SMILES string of the molecule is CNCCCNS(=O)(=O)c1ccc(C#N)c(Cl)c1.Cl. The Labute approximate surface area is 124 Å². The van der Waals surface area contributed by atoms with Crippen molar-refractivity contribution in [2.75, 3.05) is 20.1 Å². The molecule has 0 aliphatic rings. The molecule has 0 unspecified atom stereocenters. The quantitative estimate of drug-likeness (QED) is 0.778. The van der Waals surface area contributed by atoms with E-state index in [1.54, 1.807) is 7.05 Å². The van der Waals surface area contributed by atoms with Gasteiger partial charge in [-0.25, -0.2) is 13.1 Å². The lowest BCUT2D eigenvalue weighted by Crippen LogP contribution is -2.26. The molecule has 0 spiro atoms. The number of nitrogens with one attached hydrogen (secondary N) is 2.